The van der Waals surface area contributed by atoms with Crippen molar-refractivity contribution < 1.29 is 9.21 Å². The van der Waals surface area contributed by atoms with E-state index in [1.54, 1.807) is 24.5 Å². The van der Waals surface area contributed by atoms with Crippen molar-refractivity contribution in [2.45, 2.75) is 6.42 Å². The maximum Gasteiger partial charge on any atom is 0.253 e. The Morgan fingerprint density at radius 1 is 1.39 bits per heavy atom. The van der Waals surface area contributed by atoms with Crippen LogP contribution >= 0.6 is 11.6 Å². The molecular weight excluding hydrogens is 252 g/mol. The lowest BCUT2D eigenvalue weighted by Crippen LogP contribution is -2.26. The highest BCUT2D eigenvalue weighted by Gasteiger charge is 2.09. The van der Waals surface area contributed by atoms with E-state index < -0.39 is 0 Å². The Hall–Kier alpha value is -1.94. The molecule has 1 amide bonds. The monoisotopic (exact) mass is 264 g/mol. The number of nitrogens with one attached hydrogen (secondary N) is 1. The van der Waals surface area contributed by atoms with Gasteiger partial charge < -0.3 is 15.5 Å². The molecule has 0 bridgehead atoms. The maximum atomic E-state index is 11.9. The van der Waals surface area contributed by atoms with Gasteiger partial charge in [-0.15, -0.1) is 0 Å². The molecule has 3 N–H and O–H groups in total. The van der Waals surface area contributed by atoms with Crippen LogP contribution in [-0.4, -0.2) is 12.5 Å². The number of amides is 1. The zero-order valence-corrected chi connectivity index (χ0v) is 10.4. The van der Waals surface area contributed by atoms with Gasteiger partial charge in [-0.2, -0.15) is 0 Å². The highest BCUT2D eigenvalue weighted by molar-refractivity contribution is 6.31. The van der Waals surface area contributed by atoms with E-state index in [1.165, 1.54) is 0 Å². The molecule has 0 atom stereocenters. The second-order valence-electron chi connectivity index (χ2n) is 3.82. The van der Waals surface area contributed by atoms with Crippen LogP contribution in [0.5, 0.6) is 0 Å². The van der Waals surface area contributed by atoms with Crippen molar-refractivity contribution in [2.24, 2.45) is 0 Å². The van der Waals surface area contributed by atoms with Crippen LogP contribution in [0.25, 0.3) is 0 Å². The lowest BCUT2D eigenvalue weighted by molar-refractivity contribution is 0.0954. The number of rotatable bonds is 4. The second kappa shape index (κ2) is 5.60. The molecule has 0 saturated heterocycles. The third-order valence-electron chi connectivity index (χ3n) is 2.50. The Morgan fingerprint density at radius 3 is 2.94 bits per heavy atom. The first-order valence-electron chi connectivity index (χ1n) is 5.52. The minimum Gasteiger partial charge on any atom is -0.469 e. The maximum absolute atomic E-state index is 11.9. The molecule has 1 heterocycles. The van der Waals surface area contributed by atoms with Crippen LogP contribution in [0.1, 0.15) is 16.1 Å². The molecule has 0 aliphatic rings. The number of halogens is 1. The molecule has 0 unspecified atom stereocenters. The zero-order chi connectivity index (χ0) is 13.0. The van der Waals surface area contributed by atoms with Gasteiger partial charge in [0.1, 0.15) is 5.76 Å². The number of benzene rings is 1. The van der Waals surface area contributed by atoms with E-state index in [-0.39, 0.29) is 5.91 Å². The molecule has 0 aliphatic carbocycles. The summed E-state index contributed by atoms with van der Waals surface area (Å²) in [5.41, 5.74) is 6.52. The van der Waals surface area contributed by atoms with Gasteiger partial charge in [-0.3, -0.25) is 4.79 Å². The van der Waals surface area contributed by atoms with Crippen LogP contribution < -0.4 is 11.1 Å². The van der Waals surface area contributed by atoms with E-state index in [9.17, 15) is 4.79 Å². The predicted octanol–water partition coefficient (Wildman–Crippen LogP) is 2.49. The first kappa shape index (κ1) is 12.5. The van der Waals surface area contributed by atoms with Gasteiger partial charge in [0.15, 0.2) is 0 Å². The molecule has 2 rings (SSSR count). The van der Waals surface area contributed by atoms with Crippen LogP contribution in [0.3, 0.4) is 0 Å². The fraction of sp³-hybridized carbons (Fsp3) is 0.154. The van der Waals surface area contributed by atoms with Crippen molar-refractivity contribution in [1.29, 1.82) is 0 Å². The van der Waals surface area contributed by atoms with Crippen LogP contribution in [0.2, 0.25) is 5.02 Å². The summed E-state index contributed by atoms with van der Waals surface area (Å²) in [4.78, 5) is 11.9. The molecule has 1 aromatic heterocycles. The fourth-order valence-electron chi connectivity index (χ4n) is 1.57. The number of hydrogen-bond donors (Lipinski definition) is 2. The SMILES string of the molecule is Nc1ccc(Cl)cc1C(=O)NCCc1ccco1. The Bertz CT molecular complexity index is 538. The highest BCUT2D eigenvalue weighted by atomic mass is 35.5. The molecule has 2 aromatic rings. The largest absolute Gasteiger partial charge is 0.469 e. The molecular formula is C13H13ClN2O2. The van der Waals surface area contributed by atoms with Crippen molar-refractivity contribution in [1.82, 2.24) is 5.32 Å². The minimum absolute atomic E-state index is 0.235. The van der Waals surface area contributed by atoms with E-state index in [4.69, 9.17) is 21.8 Å². The highest BCUT2D eigenvalue weighted by Crippen LogP contribution is 2.17. The number of nitrogen functional groups attached to an aromatic ring is 1. The van der Waals surface area contributed by atoms with Crippen LogP contribution in [0.4, 0.5) is 5.69 Å². The Morgan fingerprint density at radius 2 is 2.22 bits per heavy atom. The van der Waals surface area contributed by atoms with Gasteiger partial charge in [0, 0.05) is 23.7 Å². The summed E-state index contributed by atoms with van der Waals surface area (Å²) >= 11 is 5.83. The zero-order valence-electron chi connectivity index (χ0n) is 9.65. The summed E-state index contributed by atoms with van der Waals surface area (Å²) in [5, 5.41) is 3.25. The Balaban J connectivity index is 1.93. The normalized spacial score (nSPS) is 10.3. The van der Waals surface area contributed by atoms with Gasteiger partial charge in [-0.05, 0) is 30.3 Å². The van der Waals surface area contributed by atoms with Crippen molar-refractivity contribution in [3.05, 3.63) is 52.9 Å². The van der Waals surface area contributed by atoms with Gasteiger partial charge in [0.2, 0.25) is 0 Å². The minimum atomic E-state index is -0.235. The smallest absolute Gasteiger partial charge is 0.253 e. The summed E-state index contributed by atoms with van der Waals surface area (Å²) in [6.07, 6.45) is 2.24. The van der Waals surface area contributed by atoms with E-state index in [2.05, 4.69) is 5.32 Å². The standard InChI is InChI=1S/C13H13ClN2O2/c14-9-3-4-12(15)11(8-9)13(17)16-6-5-10-2-1-7-18-10/h1-4,7-8H,5-6,15H2,(H,16,17). The average molecular weight is 265 g/mol. The summed E-state index contributed by atoms with van der Waals surface area (Å²) < 4.78 is 5.17. The third kappa shape index (κ3) is 3.05. The van der Waals surface area contributed by atoms with Crippen molar-refractivity contribution in [3.8, 4) is 0 Å². The molecule has 94 valence electrons. The molecule has 0 fully saturated rings. The quantitative estimate of drug-likeness (QED) is 0.834. The van der Waals surface area contributed by atoms with Crippen LogP contribution in [0.15, 0.2) is 41.0 Å². The Labute approximate surface area is 110 Å². The number of anilines is 1. The second-order valence-corrected chi connectivity index (χ2v) is 4.25. The number of nitrogens with two attached hydrogens (primary N) is 1. The van der Waals surface area contributed by atoms with E-state index in [0.29, 0.717) is 29.2 Å². The van der Waals surface area contributed by atoms with E-state index in [1.807, 2.05) is 12.1 Å². The van der Waals surface area contributed by atoms with Crippen LogP contribution in [0, 0.1) is 0 Å². The van der Waals surface area contributed by atoms with Gasteiger partial charge in [0.05, 0.1) is 11.8 Å². The number of hydrogen-bond acceptors (Lipinski definition) is 3. The van der Waals surface area contributed by atoms with Gasteiger partial charge in [-0.25, -0.2) is 0 Å². The molecule has 1 aromatic carbocycles. The van der Waals surface area contributed by atoms with Gasteiger partial charge in [-0.1, -0.05) is 11.6 Å². The summed E-state index contributed by atoms with van der Waals surface area (Å²) in [5.74, 6) is 0.593. The molecule has 0 saturated carbocycles. The first-order valence-corrected chi connectivity index (χ1v) is 5.90. The number of carbonyl (C=O) groups is 1. The van der Waals surface area contributed by atoms with Crippen LogP contribution in [-0.2, 0) is 6.42 Å². The topological polar surface area (TPSA) is 68.3 Å². The molecule has 4 nitrogen and oxygen atoms in total. The molecule has 0 aliphatic heterocycles. The molecule has 5 heteroatoms. The first-order chi connectivity index (χ1) is 8.66. The average Bonchev–Trinajstić information content (AvgIpc) is 2.85. The van der Waals surface area contributed by atoms with Crippen molar-refractivity contribution >= 4 is 23.2 Å². The molecule has 0 spiro atoms. The fourth-order valence-corrected chi connectivity index (χ4v) is 1.75. The molecule has 18 heavy (non-hydrogen) atoms. The van der Waals surface area contributed by atoms with Gasteiger partial charge >= 0.3 is 0 Å². The Kier molecular flexibility index (Phi) is 3.89. The summed E-state index contributed by atoms with van der Waals surface area (Å²) in [6.45, 7) is 0.484. The van der Waals surface area contributed by atoms with Crippen molar-refractivity contribution in [2.75, 3.05) is 12.3 Å². The number of carbonyl (C=O) groups excluding carboxylic acids is 1. The van der Waals surface area contributed by atoms with E-state index in [0.717, 1.165) is 5.76 Å². The predicted molar refractivity (Wildman–Crippen MR) is 70.6 cm³/mol. The number of furan rings is 1. The van der Waals surface area contributed by atoms with E-state index >= 15 is 0 Å². The van der Waals surface area contributed by atoms with Crippen molar-refractivity contribution in [3.63, 3.8) is 0 Å². The van der Waals surface area contributed by atoms with Gasteiger partial charge in [0.25, 0.3) is 5.91 Å². The third-order valence-corrected chi connectivity index (χ3v) is 2.73. The summed E-state index contributed by atoms with van der Waals surface area (Å²) in [6, 6.07) is 8.49. The lowest BCUT2D eigenvalue weighted by Gasteiger charge is -2.07. The molecule has 0 radical (unpaired) electrons. The lowest BCUT2D eigenvalue weighted by atomic mass is 10.1. The summed E-state index contributed by atoms with van der Waals surface area (Å²) in [7, 11) is 0.